The molecule has 0 aliphatic carbocycles. The number of methoxy groups -OCH3 is 1. The first kappa shape index (κ1) is 28.6. The summed E-state index contributed by atoms with van der Waals surface area (Å²) in [6.07, 6.45) is 3.10. The third-order valence-corrected chi connectivity index (χ3v) is 6.13. The number of carbonyl (C=O) groups is 4. The number of amides is 3. The van der Waals surface area contributed by atoms with Crippen molar-refractivity contribution in [2.75, 3.05) is 38.8 Å². The zero-order chi connectivity index (χ0) is 27.5. The Morgan fingerprint density at radius 1 is 1.03 bits per heavy atom. The Labute approximate surface area is 225 Å². The summed E-state index contributed by atoms with van der Waals surface area (Å²) >= 11 is 0.740. The number of esters is 1. The molecule has 2 aromatic rings. The van der Waals surface area contributed by atoms with Gasteiger partial charge in [0.05, 0.1) is 30.9 Å². The van der Waals surface area contributed by atoms with E-state index in [1.54, 1.807) is 36.4 Å². The minimum absolute atomic E-state index is 0.166. The molecule has 0 unspecified atom stereocenters. The summed E-state index contributed by atoms with van der Waals surface area (Å²) < 4.78 is 21.6. The van der Waals surface area contributed by atoms with Crippen molar-refractivity contribution in [3.63, 3.8) is 0 Å². The number of nitrogens with zero attached hydrogens (tertiary/aromatic N) is 1. The van der Waals surface area contributed by atoms with Crippen LogP contribution in [0.3, 0.4) is 0 Å². The maximum atomic E-state index is 12.7. The fourth-order valence-electron chi connectivity index (χ4n) is 3.37. The third-order valence-electron chi connectivity index (χ3n) is 5.23. The zero-order valence-electron chi connectivity index (χ0n) is 21.5. The maximum Gasteiger partial charge on any atom is 0.326 e. The van der Waals surface area contributed by atoms with Crippen molar-refractivity contribution in [2.24, 2.45) is 0 Å². The zero-order valence-corrected chi connectivity index (χ0v) is 22.3. The topological polar surface area (TPSA) is 120 Å². The lowest BCUT2D eigenvalue weighted by Gasteiger charge is -2.13. The minimum atomic E-state index is -0.629. The van der Waals surface area contributed by atoms with Gasteiger partial charge in [-0.25, -0.2) is 0 Å². The molecule has 38 heavy (non-hydrogen) atoms. The molecule has 202 valence electrons. The van der Waals surface area contributed by atoms with Crippen molar-refractivity contribution >= 4 is 46.5 Å². The Bertz CT molecular complexity index is 1210. The quantitative estimate of drug-likeness (QED) is 0.222. The Kier molecular flexibility index (Phi) is 10.6. The van der Waals surface area contributed by atoms with Gasteiger partial charge in [-0.3, -0.25) is 24.1 Å². The van der Waals surface area contributed by atoms with E-state index in [1.165, 1.54) is 13.2 Å². The number of hydrogen-bond acceptors (Lipinski definition) is 9. The van der Waals surface area contributed by atoms with E-state index in [2.05, 4.69) is 5.32 Å². The highest BCUT2D eigenvalue weighted by molar-refractivity contribution is 8.18. The van der Waals surface area contributed by atoms with Crippen LogP contribution in [0, 0.1) is 0 Å². The molecular weight excluding hydrogens is 512 g/mol. The smallest absolute Gasteiger partial charge is 0.326 e. The highest BCUT2D eigenvalue weighted by atomic mass is 32.2. The molecule has 0 saturated carbocycles. The summed E-state index contributed by atoms with van der Waals surface area (Å²) in [4.78, 5) is 50.4. The second-order valence-electron chi connectivity index (χ2n) is 8.02. The van der Waals surface area contributed by atoms with Crippen LogP contribution in [0.15, 0.2) is 47.4 Å². The average molecular weight is 543 g/mol. The van der Waals surface area contributed by atoms with Crippen molar-refractivity contribution in [1.82, 2.24) is 4.90 Å². The van der Waals surface area contributed by atoms with E-state index < -0.39 is 23.7 Å². The first-order chi connectivity index (χ1) is 18.4. The SMILES string of the molecule is CCCCOC(=O)CN1C(=O)S/C(=C/c2ccc(OCC(=O)Nc3ccccc3OCC)c(OC)c2)C1=O. The average Bonchev–Trinajstić information content (AvgIpc) is 3.16. The summed E-state index contributed by atoms with van der Waals surface area (Å²) in [7, 11) is 1.45. The number of rotatable bonds is 13. The van der Waals surface area contributed by atoms with Gasteiger partial charge in [0.1, 0.15) is 12.3 Å². The van der Waals surface area contributed by atoms with E-state index in [-0.39, 0.29) is 24.0 Å². The number of nitrogens with one attached hydrogen (secondary N) is 1. The second-order valence-corrected chi connectivity index (χ2v) is 9.01. The lowest BCUT2D eigenvalue weighted by Crippen LogP contribution is -2.34. The maximum absolute atomic E-state index is 12.7. The number of para-hydroxylation sites is 2. The molecule has 0 spiro atoms. The highest BCUT2D eigenvalue weighted by Gasteiger charge is 2.36. The molecule has 3 amide bonds. The number of hydrogen-bond donors (Lipinski definition) is 1. The molecule has 1 fully saturated rings. The van der Waals surface area contributed by atoms with E-state index in [9.17, 15) is 19.2 Å². The van der Waals surface area contributed by atoms with Crippen molar-refractivity contribution in [3.8, 4) is 17.2 Å². The highest BCUT2D eigenvalue weighted by Crippen LogP contribution is 2.34. The monoisotopic (exact) mass is 542 g/mol. The van der Waals surface area contributed by atoms with Gasteiger partial charge in [-0.2, -0.15) is 0 Å². The van der Waals surface area contributed by atoms with Crippen molar-refractivity contribution < 1.29 is 38.1 Å². The van der Waals surface area contributed by atoms with E-state index in [0.29, 0.717) is 41.5 Å². The molecule has 1 heterocycles. The van der Waals surface area contributed by atoms with Gasteiger partial charge in [-0.1, -0.05) is 31.5 Å². The minimum Gasteiger partial charge on any atom is -0.493 e. The van der Waals surface area contributed by atoms with Gasteiger partial charge in [0.25, 0.3) is 17.1 Å². The van der Waals surface area contributed by atoms with Crippen molar-refractivity contribution in [1.29, 1.82) is 0 Å². The Morgan fingerprint density at radius 2 is 1.82 bits per heavy atom. The third kappa shape index (κ3) is 7.75. The first-order valence-electron chi connectivity index (χ1n) is 12.1. The summed E-state index contributed by atoms with van der Waals surface area (Å²) in [6.45, 7) is 3.82. The van der Waals surface area contributed by atoms with E-state index in [1.807, 2.05) is 19.9 Å². The normalized spacial score (nSPS) is 14.0. The molecule has 11 heteroatoms. The Hall–Kier alpha value is -3.99. The molecular formula is C27H30N2O8S. The molecule has 0 radical (unpaired) electrons. The first-order valence-corrected chi connectivity index (χ1v) is 12.9. The molecule has 2 aromatic carbocycles. The van der Waals surface area contributed by atoms with Crippen LogP contribution in [0.25, 0.3) is 6.08 Å². The van der Waals surface area contributed by atoms with Crippen molar-refractivity contribution in [2.45, 2.75) is 26.7 Å². The lowest BCUT2D eigenvalue weighted by atomic mass is 10.2. The molecule has 1 aliphatic rings. The molecule has 0 bridgehead atoms. The summed E-state index contributed by atoms with van der Waals surface area (Å²) in [6, 6.07) is 12.0. The van der Waals surface area contributed by atoms with Gasteiger partial charge in [-0.05, 0) is 61.0 Å². The van der Waals surface area contributed by atoms with Crippen LogP contribution >= 0.6 is 11.8 Å². The number of unbranched alkanes of at least 4 members (excludes halogenated alkanes) is 1. The van der Waals surface area contributed by atoms with Gasteiger partial charge >= 0.3 is 5.97 Å². The van der Waals surface area contributed by atoms with Crippen molar-refractivity contribution in [3.05, 3.63) is 52.9 Å². The molecule has 0 atom stereocenters. The summed E-state index contributed by atoms with van der Waals surface area (Å²) in [5.74, 6) is -0.375. The molecule has 1 N–H and O–H groups in total. The van der Waals surface area contributed by atoms with Crippen LogP contribution in [-0.4, -0.2) is 61.4 Å². The number of ether oxygens (including phenoxy) is 4. The van der Waals surface area contributed by atoms with E-state index in [0.717, 1.165) is 23.1 Å². The number of thioether (sulfide) groups is 1. The van der Waals surface area contributed by atoms with Gasteiger partial charge in [0, 0.05) is 0 Å². The van der Waals surface area contributed by atoms with E-state index >= 15 is 0 Å². The van der Waals surface area contributed by atoms with Crippen LogP contribution < -0.4 is 19.5 Å². The molecule has 1 saturated heterocycles. The fraction of sp³-hybridized carbons (Fsp3) is 0.333. The largest absolute Gasteiger partial charge is 0.493 e. The van der Waals surface area contributed by atoms with Crippen LogP contribution in [0.2, 0.25) is 0 Å². The molecule has 0 aromatic heterocycles. The van der Waals surface area contributed by atoms with Crippen LogP contribution in [0.1, 0.15) is 32.3 Å². The van der Waals surface area contributed by atoms with Crippen LogP contribution in [0.5, 0.6) is 17.2 Å². The predicted molar refractivity (Wildman–Crippen MR) is 143 cm³/mol. The Balaban J connectivity index is 1.62. The standard InChI is InChI=1S/C27H30N2O8S/c1-4-6-13-36-25(31)16-29-26(32)23(38-27(29)33)15-18-11-12-21(22(14-18)34-3)37-17-24(30)28-19-9-7-8-10-20(19)35-5-2/h7-12,14-15H,4-6,13,16-17H2,1-3H3,(H,28,30)/b23-15+. The molecule has 1 aliphatic heterocycles. The summed E-state index contributed by atoms with van der Waals surface area (Å²) in [5.41, 5.74) is 1.11. The molecule has 3 rings (SSSR count). The fourth-order valence-corrected chi connectivity index (χ4v) is 4.21. The number of anilines is 1. The Morgan fingerprint density at radius 3 is 2.55 bits per heavy atom. The number of carbonyl (C=O) groups excluding carboxylic acids is 4. The number of imide groups is 1. The van der Waals surface area contributed by atoms with Crippen LogP contribution in [0.4, 0.5) is 10.5 Å². The van der Waals surface area contributed by atoms with Gasteiger partial charge < -0.3 is 24.3 Å². The second kappa shape index (κ2) is 14.1. The van der Waals surface area contributed by atoms with Crippen LogP contribution in [-0.2, 0) is 19.1 Å². The van der Waals surface area contributed by atoms with Gasteiger partial charge in [0.15, 0.2) is 18.1 Å². The van der Waals surface area contributed by atoms with E-state index in [4.69, 9.17) is 18.9 Å². The van der Waals surface area contributed by atoms with Gasteiger partial charge in [-0.15, -0.1) is 0 Å². The molecule has 10 nitrogen and oxygen atoms in total. The number of benzene rings is 2. The summed E-state index contributed by atoms with van der Waals surface area (Å²) in [5, 5.41) is 2.21. The van der Waals surface area contributed by atoms with Gasteiger partial charge in [0.2, 0.25) is 0 Å². The predicted octanol–water partition coefficient (Wildman–Crippen LogP) is 4.49. The lowest BCUT2D eigenvalue weighted by molar-refractivity contribution is -0.146.